The van der Waals surface area contributed by atoms with Crippen LogP contribution in [0.4, 0.5) is 10.1 Å². The van der Waals surface area contributed by atoms with Gasteiger partial charge in [-0.15, -0.1) is 5.11 Å². The number of benzene rings is 2. The maximum Gasteiger partial charge on any atom is 0.216 e. The Balaban J connectivity index is 2.18. The van der Waals surface area contributed by atoms with Crippen LogP contribution in [0.1, 0.15) is 10.4 Å². The van der Waals surface area contributed by atoms with E-state index >= 15 is 0 Å². The summed E-state index contributed by atoms with van der Waals surface area (Å²) in [5.74, 6) is -0.899. The summed E-state index contributed by atoms with van der Waals surface area (Å²) in [4.78, 5) is 12.1. The van der Waals surface area contributed by atoms with Crippen LogP contribution >= 0.6 is 11.6 Å². The number of allylic oxidation sites excluding steroid dienone is 1. The molecule has 0 aromatic heterocycles. The number of ketones is 1. The van der Waals surface area contributed by atoms with Gasteiger partial charge < -0.3 is 5.11 Å². The summed E-state index contributed by atoms with van der Waals surface area (Å²) in [6.07, 6.45) is 0.573. The zero-order valence-electron chi connectivity index (χ0n) is 10.7. The number of halogens is 2. The molecule has 0 bridgehead atoms. The molecule has 6 heteroatoms. The Labute approximate surface area is 125 Å². The first-order valence-electron chi connectivity index (χ1n) is 5.92. The van der Waals surface area contributed by atoms with Crippen molar-refractivity contribution in [2.45, 2.75) is 0 Å². The first kappa shape index (κ1) is 14.9. The fourth-order valence-corrected chi connectivity index (χ4v) is 1.62. The highest BCUT2D eigenvalue weighted by Gasteiger charge is 2.12. The standard InChI is InChI=1S/C15H10ClFN2O2/c16-11-3-1-10(2-4-11)15(21)14(9-20)19-18-13-7-5-12(17)6-8-13/h1-9,20H/b14-9+,19-18?. The fourth-order valence-electron chi connectivity index (χ4n) is 1.50. The number of aliphatic hydroxyl groups excluding tert-OH is 1. The fraction of sp³-hybridized carbons (Fsp3) is 0. The molecular weight excluding hydrogens is 295 g/mol. The normalized spacial score (nSPS) is 11.8. The second-order valence-corrected chi connectivity index (χ2v) is 4.46. The van der Waals surface area contributed by atoms with E-state index in [2.05, 4.69) is 10.2 Å². The second kappa shape index (κ2) is 6.76. The van der Waals surface area contributed by atoms with Gasteiger partial charge in [-0.05, 0) is 48.5 Å². The molecule has 0 aliphatic carbocycles. The first-order valence-corrected chi connectivity index (χ1v) is 6.30. The van der Waals surface area contributed by atoms with Crippen LogP contribution < -0.4 is 0 Å². The predicted octanol–water partition coefficient (Wildman–Crippen LogP) is 4.85. The highest BCUT2D eigenvalue weighted by molar-refractivity contribution is 6.30. The zero-order valence-corrected chi connectivity index (χ0v) is 11.5. The SMILES string of the molecule is O=C(/C(=C\O)N=Nc1ccc(F)cc1)c1ccc(Cl)cc1. The third kappa shape index (κ3) is 3.97. The third-order valence-corrected chi connectivity index (χ3v) is 2.81. The number of Topliss-reactive ketones (excluding diaryl/α,β-unsaturated/α-hetero) is 1. The molecule has 1 N–H and O–H groups in total. The van der Waals surface area contributed by atoms with Crippen molar-refractivity contribution in [2.75, 3.05) is 0 Å². The lowest BCUT2D eigenvalue weighted by Crippen LogP contribution is -2.01. The minimum Gasteiger partial charge on any atom is -0.513 e. The summed E-state index contributed by atoms with van der Waals surface area (Å²) in [5, 5.41) is 17.0. The molecule has 0 atom stereocenters. The first-order chi connectivity index (χ1) is 10.1. The predicted molar refractivity (Wildman–Crippen MR) is 77.4 cm³/mol. The van der Waals surface area contributed by atoms with E-state index in [0.29, 0.717) is 22.5 Å². The summed E-state index contributed by atoms with van der Waals surface area (Å²) in [7, 11) is 0. The Morgan fingerprint density at radius 2 is 1.71 bits per heavy atom. The molecule has 0 aliphatic heterocycles. The Hall–Kier alpha value is -2.53. The van der Waals surface area contributed by atoms with Gasteiger partial charge in [0.1, 0.15) is 12.1 Å². The molecule has 2 aromatic carbocycles. The molecule has 0 radical (unpaired) electrons. The topological polar surface area (TPSA) is 62.0 Å². The molecule has 2 aromatic rings. The van der Waals surface area contributed by atoms with Gasteiger partial charge in [0, 0.05) is 10.6 Å². The lowest BCUT2D eigenvalue weighted by atomic mass is 10.1. The van der Waals surface area contributed by atoms with Gasteiger partial charge in [0.25, 0.3) is 0 Å². The van der Waals surface area contributed by atoms with Crippen LogP contribution in [0.25, 0.3) is 0 Å². The minimum atomic E-state index is -0.500. The number of azo groups is 1. The molecule has 0 spiro atoms. The summed E-state index contributed by atoms with van der Waals surface area (Å²) in [6.45, 7) is 0. The van der Waals surface area contributed by atoms with Crippen molar-refractivity contribution in [3.05, 3.63) is 76.9 Å². The molecule has 0 fully saturated rings. The maximum absolute atomic E-state index is 12.7. The van der Waals surface area contributed by atoms with Crippen LogP contribution in [0.15, 0.2) is 70.7 Å². The van der Waals surface area contributed by atoms with Crippen molar-refractivity contribution in [3.8, 4) is 0 Å². The van der Waals surface area contributed by atoms with Gasteiger partial charge in [0.15, 0.2) is 5.70 Å². The lowest BCUT2D eigenvalue weighted by molar-refractivity contribution is 0.102. The van der Waals surface area contributed by atoms with Crippen molar-refractivity contribution in [3.63, 3.8) is 0 Å². The van der Waals surface area contributed by atoms with Gasteiger partial charge in [-0.1, -0.05) is 11.6 Å². The number of carbonyl (C=O) groups is 1. The van der Waals surface area contributed by atoms with Crippen LogP contribution in [-0.2, 0) is 0 Å². The van der Waals surface area contributed by atoms with Crippen molar-refractivity contribution in [1.82, 2.24) is 0 Å². The second-order valence-electron chi connectivity index (χ2n) is 4.03. The summed E-state index contributed by atoms with van der Waals surface area (Å²) in [6, 6.07) is 11.4. The molecule has 2 rings (SSSR count). The zero-order chi connectivity index (χ0) is 15.2. The van der Waals surface area contributed by atoms with Crippen LogP contribution in [0, 0.1) is 5.82 Å². The van der Waals surface area contributed by atoms with Crippen LogP contribution in [-0.4, -0.2) is 10.9 Å². The molecule has 0 unspecified atom stereocenters. The van der Waals surface area contributed by atoms with Crippen molar-refractivity contribution >= 4 is 23.1 Å². The summed E-state index contributed by atoms with van der Waals surface area (Å²) in [5.41, 5.74) is 0.444. The number of nitrogens with zero attached hydrogens (tertiary/aromatic N) is 2. The summed E-state index contributed by atoms with van der Waals surface area (Å²) < 4.78 is 12.7. The molecule has 0 saturated carbocycles. The summed E-state index contributed by atoms with van der Waals surface area (Å²) >= 11 is 5.74. The van der Waals surface area contributed by atoms with E-state index in [0.717, 1.165) is 0 Å². The largest absolute Gasteiger partial charge is 0.513 e. The highest BCUT2D eigenvalue weighted by atomic mass is 35.5. The van der Waals surface area contributed by atoms with Crippen molar-refractivity contribution in [1.29, 1.82) is 0 Å². The van der Waals surface area contributed by atoms with E-state index in [4.69, 9.17) is 16.7 Å². The van der Waals surface area contributed by atoms with Crippen LogP contribution in [0.3, 0.4) is 0 Å². The van der Waals surface area contributed by atoms with Gasteiger partial charge in [0.2, 0.25) is 5.78 Å². The average molecular weight is 305 g/mol. The van der Waals surface area contributed by atoms with E-state index in [-0.39, 0.29) is 5.70 Å². The Morgan fingerprint density at radius 1 is 1.10 bits per heavy atom. The Kier molecular flexibility index (Phi) is 4.79. The Morgan fingerprint density at radius 3 is 2.29 bits per heavy atom. The molecular formula is C15H10ClFN2O2. The lowest BCUT2D eigenvalue weighted by Gasteiger charge is -2.00. The van der Waals surface area contributed by atoms with Gasteiger partial charge >= 0.3 is 0 Å². The molecule has 0 aliphatic rings. The van der Waals surface area contributed by atoms with E-state index in [9.17, 15) is 9.18 Å². The quantitative estimate of drug-likeness (QED) is 0.380. The van der Waals surface area contributed by atoms with Crippen molar-refractivity contribution in [2.24, 2.45) is 10.2 Å². The number of aliphatic hydroxyl groups is 1. The molecule has 4 nitrogen and oxygen atoms in total. The van der Waals surface area contributed by atoms with E-state index in [1.165, 1.54) is 36.4 Å². The molecule has 0 amide bonds. The minimum absolute atomic E-state index is 0.235. The molecule has 0 heterocycles. The number of rotatable bonds is 4. The van der Waals surface area contributed by atoms with E-state index in [1.54, 1.807) is 12.1 Å². The van der Waals surface area contributed by atoms with Gasteiger partial charge in [0.05, 0.1) is 5.69 Å². The average Bonchev–Trinajstić information content (AvgIpc) is 2.50. The van der Waals surface area contributed by atoms with E-state index in [1.807, 2.05) is 0 Å². The number of hydrogen-bond acceptors (Lipinski definition) is 4. The third-order valence-electron chi connectivity index (χ3n) is 2.56. The molecule has 0 saturated heterocycles. The smallest absolute Gasteiger partial charge is 0.216 e. The van der Waals surface area contributed by atoms with Gasteiger partial charge in [-0.25, -0.2) is 4.39 Å². The highest BCUT2D eigenvalue weighted by Crippen LogP contribution is 2.17. The van der Waals surface area contributed by atoms with Gasteiger partial charge in [-0.2, -0.15) is 5.11 Å². The molecule has 106 valence electrons. The maximum atomic E-state index is 12.7. The van der Waals surface area contributed by atoms with Crippen LogP contribution in [0.5, 0.6) is 0 Å². The molecule has 21 heavy (non-hydrogen) atoms. The van der Waals surface area contributed by atoms with Crippen molar-refractivity contribution < 1.29 is 14.3 Å². The van der Waals surface area contributed by atoms with E-state index < -0.39 is 11.6 Å². The monoisotopic (exact) mass is 304 g/mol. The Bertz CT molecular complexity index is 695. The number of carbonyl (C=O) groups excluding carboxylic acids is 1. The number of hydrogen-bond donors (Lipinski definition) is 1. The van der Waals surface area contributed by atoms with Crippen LogP contribution in [0.2, 0.25) is 5.02 Å². The van der Waals surface area contributed by atoms with Gasteiger partial charge in [-0.3, -0.25) is 4.79 Å².